The van der Waals surface area contributed by atoms with Crippen LogP contribution in [0, 0.1) is 10.1 Å². The molecule has 0 spiro atoms. The van der Waals surface area contributed by atoms with Gasteiger partial charge in [0.2, 0.25) is 5.75 Å². The maximum Gasteiger partial charge on any atom is 0.270 e. The predicted octanol–water partition coefficient (Wildman–Crippen LogP) is 2.28. The van der Waals surface area contributed by atoms with Crippen LogP contribution in [-0.4, -0.2) is 63.4 Å². The number of nitro benzene ring substituents is 1. The van der Waals surface area contributed by atoms with E-state index < -0.39 is 16.9 Å². The molecule has 1 aliphatic rings. The molecule has 2 aromatic carbocycles. The molecule has 0 aliphatic carbocycles. The van der Waals surface area contributed by atoms with Crippen LogP contribution in [0.15, 0.2) is 46.7 Å². The number of nitrogens with zero attached hydrogens (tertiary/aromatic N) is 3. The number of rotatable bonds is 11. The third-order valence-electron chi connectivity index (χ3n) is 4.75. The first kappa shape index (κ1) is 24.5. The van der Waals surface area contributed by atoms with Gasteiger partial charge in [0.15, 0.2) is 17.6 Å². The van der Waals surface area contributed by atoms with Gasteiger partial charge >= 0.3 is 0 Å². The summed E-state index contributed by atoms with van der Waals surface area (Å²) in [5, 5.41) is 18.8. The molecule has 1 heterocycles. The molecule has 0 saturated heterocycles. The lowest BCUT2D eigenvalue weighted by molar-refractivity contribution is -0.384. The predicted molar refractivity (Wildman–Crippen MR) is 122 cm³/mol. The summed E-state index contributed by atoms with van der Waals surface area (Å²) in [5.41, 5.74) is 4.16. The van der Waals surface area contributed by atoms with Crippen LogP contribution >= 0.6 is 0 Å². The van der Waals surface area contributed by atoms with Crippen molar-refractivity contribution in [3.63, 3.8) is 0 Å². The van der Waals surface area contributed by atoms with Crippen molar-refractivity contribution >= 4 is 23.5 Å². The molecule has 1 atom stereocenters. The van der Waals surface area contributed by atoms with Gasteiger partial charge in [-0.3, -0.25) is 14.9 Å². The smallest absolute Gasteiger partial charge is 0.270 e. The van der Waals surface area contributed by atoms with E-state index in [1.807, 2.05) is 0 Å². The van der Waals surface area contributed by atoms with Crippen molar-refractivity contribution in [1.82, 2.24) is 5.43 Å². The van der Waals surface area contributed by atoms with E-state index in [1.54, 1.807) is 24.3 Å². The zero-order valence-corrected chi connectivity index (χ0v) is 18.8. The molecule has 12 nitrogen and oxygen atoms in total. The molecule has 0 saturated carbocycles. The van der Waals surface area contributed by atoms with Crippen molar-refractivity contribution < 1.29 is 33.5 Å². The minimum Gasteiger partial charge on any atom is -0.493 e. The molecule has 0 fully saturated rings. The van der Waals surface area contributed by atoms with Crippen LogP contribution in [0.4, 0.5) is 5.69 Å². The Morgan fingerprint density at radius 3 is 2.62 bits per heavy atom. The number of amides is 1. The lowest BCUT2D eigenvalue weighted by atomic mass is 10.0. The fraction of sp³-hybridized carbons (Fsp3) is 0.318. The second-order valence-electron chi connectivity index (χ2n) is 7.04. The molecule has 0 aromatic heterocycles. The second kappa shape index (κ2) is 11.6. The van der Waals surface area contributed by atoms with E-state index in [2.05, 4.69) is 15.7 Å². The molecule has 180 valence electrons. The van der Waals surface area contributed by atoms with Crippen molar-refractivity contribution in [2.75, 3.05) is 34.5 Å². The number of hydrogen-bond donors (Lipinski definition) is 1. The molecule has 12 heteroatoms. The lowest BCUT2D eigenvalue weighted by Crippen LogP contribution is -2.26. The standard InChI is InChI=1S/C22H24N4O8/c1-30-19-7-14(8-20(31-2)22(19)32-3)11-23-24-21(27)13-33-12-17-10-18(25-34-17)15-5-4-6-16(9-15)26(28)29/h4-9,11,17H,10,12-13H2,1-3H3,(H,24,27)/b23-11+. The number of nitrogens with one attached hydrogen (secondary N) is 1. The maximum atomic E-state index is 12.0. The van der Waals surface area contributed by atoms with E-state index in [4.69, 9.17) is 23.8 Å². The molecule has 1 amide bonds. The van der Waals surface area contributed by atoms with Crippen molar-refractivity contribution in [3.05, 3.63) is 57.6 Å². The zero-order chi connectivity index (χ0) is 24.5. The van der Waals surface area contributed by atoms with Crippen LogP contribution in [0.5, 0.6) is 17.2 Å². The van der Waals surface area contributed by atoms with Gasteiger partial charge in [-0.1, -0.05) is 17.3 Å². The Morgan fingerprint density at radius 1 is 1.24 bits per heavy atom. The average molecular weight is 472 g/mol. The molecule has 0 radical (unpaired) electrons. The number of hydrogen-bond acceptors (Lipinski definition) is 10. The molecule has 34 heavy (non-hydrogen) atoms. The number of carbonyl (C=O) groups excluding carboxylic acids is 1. The molecule has 0 bridgehead atoms. The van der Waals surface area contributed by atoms with Crippen LogP contribution < -0.4 is 19.6 Å². The number of carbonyl (C=O) groups is 1. The highest BCUT2D eigenvalue weighted by Crippen LogP contribution is 2.37. The second-order valence-corrected chi connectivity index (χ2v) is 7.04. The average Bonchev–Trinajstić information content (AvgIpc) is 3.32. The third kappa shape index (κ3) is 6.19. The summed E-state index contributed by atoms with van der Waals surface area (Å²) in [4.78, 5) is 27.7. The first-order valence-corrected chi connectivity index (χ1v) is 10.1. The van der Waals surface area contributed by atoms with Gasteiger partial charge in [0.25, 0.3) is 11.6 Å². The van der Waals surface area contributed by atoms with Crippen LogP contribution in [0.25, 0.3) is 0 Å². The van der Waals surface area contributed by atoms with Crippen LogP contribution in [0.3, 0.4) is 0 Å². The normalized spacial score (nSPS) is 14.9. The third-order valence-corrected chi connectivity index (χ3v) is 4.75. The number of hydrazone groups is 1. The molecule has 1 unspecified atom stereocenters. The van der Waals surface area contributed by atoms with Crippen LogP contribution in [0.1, 0.15) is 17.5 Å². The van der Waals surface area contributed by atoms with Crippen molar-refractivity contribution in [1.29, 1.82) is 0 Å². The fourth-order valence-electron chi connectivity index (χ4n) is 3.16. The highest BCUT2D eigenvalue weighted by Gasteiger charge is 2.23. The zero-order valence-electron chi connectivity index (χ0n) is 18.8. The van der Waals surface area contributed by atoms with Crippen molar-refractivity contribution in [2.45, 2.75) is 12.5 Å². The summed E-state index contributed by atoms with van der Waals surface area (Å²) >= 11 is 0. The SMILES string of the molecule is COc1cc(/C=N/NC(=O)COCC2CC(c3cccc([N+](=O)[O-])c3)=NO2)cc(OC)c1OC. The first-order valence-electron chi connectivity index (χ1n) is 10.1. The summed E-state index contributed by atoms with van der Waals surface area (Å²) in [6.07, 6.45) is 1.44. The highest BCUT2D eigenvalue weighted by atomic mass is 16.7. The van der Waals surface area contributed by atoms with Gasteiger partial charge in [-0.15, -0.1) is 0 Å². The quantitative estimate of drug-likeness (QED) is 0.298. The summed E-state index contributed by atoms with van der Waals surface area (Å²) < 4.78 is 21.2. The maximum absolute atomic E-state index is 12.0. The minimum atomic E-state index is -0.469. The van der Waals surface area contributed by atoms with E-state index in [1.165, 1.54) is 39.7 Å². The Bertz CT molecular complexity index is 1080. The van der Waals surface area contributed by atoms with Gasteiger partial charge in [-0.05, 0) is 12.1 Å². The van der Waals surface area contributed by atoms with E-state index in [0.717, 1.165) is 0 Å². The summed E-state index contributed by atoms with van der Waals surface area (Å²) in [5.74, 6) is 0.912. The molecule has 3 rings (SSSR count). The molecule has 1 N–H and O–H groups in total. The molecular weight excluding hydrogens is 448 g/mol. The van der Waals surface area contributed by atoms with Gasteiger partial charge in [0, 0.05) is 29.7 Å². The minimum absolute atomic E-state index is 0.0244. The number of ether oxygens (including phenoxy) is 4. The number of methoxy groups -OCH3 is 3. The lowest BCUT2D eigenvalue weighted by Gasteiger charge is -2.12. The molecular formula is C22H24N4O8. The van der Waals surface area contributed by atoms with Gasteiger partial charge in [-0.2, -0.15) is 5.10 Å². The summed E-state index contributed by atoms with van der Waals surface area (Å²) in [6.45, 7) is -0.121. The Kier molecular flexibility index (Phi) is 8.35. The van der Waals surface area contributed by atoms with Crippen LogP contribution in [0.2, 0.25) is 0 Å². The van der Waals surface area contributed by atoms with Gasteiger partial charge in [-0.25, -0.2) is 5.43 Å². The number of oxime groups is 1. The monoisotopic (exact) mass is 472 g/mol. The summed E-state index contributed by atoms with van der Waals surface area (Å²) in [6, 6.07) is 9.52. The highest BCUT2D eigenvalue weighted by molar-refractivity contribution is 6.01. The molecule has 1 aliphatic heterocycles. The fourth-order valence-corrected chi connectivity index (χ4v) is 3.16. The Hall–Kier alpha value is -4.19. The van der Waals surface area contributed by atoms with E-state index >= 15 is 0 Å². The first-order chi connectivity index (χ1) is 16.4. The largest absolute Gasteiger partial charge is 0.493 e. The Labute approximate surface area is 195 Å². The van der Waals surface area contributed by atoms with Crippen molar-refractivity contribution in [3.8, 4) is 17.2 Å². The number of non-ortho nitro benzene ring substituents is 1. The van der Waals surface area contributed by atoms with Gasteiger partial charge in [0.1, 0.15) is 6.61 Å². The summed E-state index contributed by atoms with van der Waals surface area (Å²) in [7, 11) is 4.51. The van der Waals surface area contributed by atoms with E-state index in [9.17, 15) is 14.9 Å². The molecule has 2 aromatic rings. The van der Waals surface area contributed by atoms with Gasteiger partial charge < -0.3 is 23.8 Å². The van der Waals surface area contributed by atoms with E-state index in [0.29, 0.717) is 40.5 Å². The van der Waals surface area contributed by atoms with Crippen molar-refractivity contribution in [2.24, 2.45) is 10.3 Å². The number of nitro groups is 1. The van der Waals surface area contributed by atoms with E-state index in [-0.39, 0.29) is 18.9 Å². The Morgan fingerprint density at radius 2 is 1.97 bits per heavy atom. The number of benzene rings is 2. The van der Waals surface area contributed by atoms with Crippen LogP contribution in [-0.2, 0) is 14.4 Å². The topological polar surface area (TPSA) is 143 Å². The van der Waals surface area contributed by atoms with Gasteiger partial charge in [0.05, 0.1) is 44.8 Å². The Balaban J connectivity index is 1.44.